The van der Waals surface area contributed by atoms with E-state index >= 15 is 0 Å². The predicted molar refractivity (Wildman–Crippen MR) is 96.7 cm³/mol. The molecule has 136 valence electrons. The molecular formula is C19H26N2O4. The van der Waals surface area contributed by atoms with Gasteiger partial charge in [-0.15, -0.1) is 0 Å². The van der Waals surface area contributed by atoms with E-state index in [2.05, 4.69) is 0 Å². The Labute approximate surface area is 147 Å². The molecule has 1 aromatic carbocycles. The molecule has 0 saturated carbocycles. The van der Waals surface area contributed by atoms with Crippen molar-refractivity contribution in [3.05, 3.63) is 35.5 Å². The molecule has 2 N–H and O–H groups in total. The molecule has 1 aromatic heterocycles. The zero-order chi connectivity index (χ0) is 18.6. The third-order valence-electron chi connectivity index (χ3n) is 3.88. The van der Waals surface area contributed by atoms with E-state index < -0.39 is 0 Å². The van der Waals surface area contributed by atoms with E-state index in [1.807, 2.05) is 24.5 Å². The van der Waals surface area contributed by atoms with Crippen molar-refractivity contribution >= 4 is 22.8 Å². The van der Waals surface area contributed by atoms with E-state index in [-0.39, 0.29) is 17.5 Å². The van der Waals surface area contributed by atoms with Crippen LogP contribution in [0.3, 0.4) is 0 Å². The number of hydrogen-bond donors (Lipinski definition) is 1. The number of aryl methyl sites for hydroxylation is 1. The summed E-state index contributed by atoms with van der Waals surface area (Å²) >= 11 is 0. The molecule has 0 saturated heterocycles. The van der Waals surface area contributed by atoms with E-state index in [0.717, 1.165) is 10.9 Å². The molecule has 0 radical (unpaired) electrons. The van der Waals surface area contributed by atoms with Crippen LogP contribution in [0.5, 0.6) is 0 Å². The van der Waals surface area contributed by atoms with Crippen LogP contribution < -0.4 is 5.73 Å². The van der Waals surface area contributed by atoms with Gasteiger partial charge in [0.15, 0.2) is 0 Å². The summed E-state index contributed by atoms with van der Waals surface area (Å²) in [5.41, 5.74) is 7.43. The van der Waals surface area contributed by atoms with Gasteiger partial charge in [0.25, 0.3) is 0 Å². The topological polar surface area (TPSA) is 83.6 Å². The molecule has 0 amide bonds. The second-order valence-electron chi connectivity index (χ2n) is 6.63. The first-order valence-electron chi connectivity index (χ1n) is 8.53. The smallest absolute Gasteiger partial charge is 0.354 e. The van der Waals surface area contributed by atoms with Crippen LogP contribution in [0.4, 0.5) is 0 Å². The van der Waals surface area contributed by atoms with Crippen LogP contribution in [0, 0.1) is 0 Å². The number of esters is 2. The number of carbonyl (C=O) groups excluding carboxylic acids is 2. The number of carbonyl (C=O) groups is 2. The standard InChI is InChI=1S/C19H26N2O4/c1-5-24-17(22)14-8-7-13-11-16(18(23)25-6-2)21(15(13)12-14)10-9-19(3,4)20/h7-8,11-12H,5-6,9-10,20H2,1-4H3. The van der Waals surface area contributed by atoms with Crippen LogP contribution in [-0.2, 0) is 16.0 Å². The first-order chi connectivity index (χ1) is 11.8. The Balaban J connectivity index is 2.51. The van der Waals surface area contributed by atoms with Gasteiger partial charge >= 0.3 is 11.9 Å². The summed E-state index contributed by atoms with van der Waals surface area (Å²) in [4.78, 5) is 24.3. The number of fused-ring (bicyclic) bond motifs is 1. The molecule has 2 rings (SSSR count). The van der Waals surface area contributed by atoms with Crippen molar-refractivity contribution in [2.75, 3.05) is 13.2 Å². The summed E-state index contributed by atoms with van der Waals surface area (Å²) in [6, 6.07) is 7.05. The molecule has 0 atom stereocenters. The molecule has 0 unspecified atom stereocenters. The predicted octanol–water partition coefficient (Wildman–Crippen LogP) is 3.12. The zero-order valence-electron chi connectivity index (χ0n) is 15.3. The van der Waals surface area contributed by atoms with Gasteiger partial charge in [0, 0.05) is 23.0 Å². The number of nitrogens with zero attached hydrogens (tertiary/aromatic N) is 1. The van der Waals surface area contributed by atoms with Crippen molar-refractivity contribution in [2.24, 2.45) is 5.73 Å². The Kier molecular flexibility index (Phi) is 5.85. The maximum atomic E-state index is 12.3. The van der Waals surface area contributed by atoms with Crippen LogP contribution in [0.2, 0.25) is 0 Å². The van der Waals surface area contributed by atoms with Gasteiger partial charge in [-0.3, -0.25) is 0 Å². The second-order valence-corrected chi connectivity index (χ2v) is 6.63. The molecule has 25 heavy (non-hydrogen) atoms. The minimum Gasteiger partial charge on any atom is -0.462 e. The molecular weight excluding hydrogens is 320 g/mol. The molecule has 2 aromatic rings. The highest BCUT2D eigenvalue weighted by Gasteiger charge is 2.20. The lowest BCUT2D eigenvalue weighted by atomic mass is 10.0. The largest absolute Gasteiger partial charge is 0.462 e. The molecule has 6 heteroatoms. The molecule has 0 aliphatic carbocycles. The average Bonchev–Trinajstić information content (AvgIpc) is 2.90. The summed E-state index contributed by atoms with van der Waals surface area (Å²) < 4.78 is 12.1. The molecule has 0 bridgehead atoms. The average molecular weight is 346 g/mol. The summed E-state index contributed by atoms with van der Waals surface area (Å²) in [5.74, 6) is -0.764. The van der Waals surface area contributed by atoms with Gasteiger partial charge in [0.05, 0.1) is 18.8 Å². The highest BCUT2D eigenvalue weighted by Crippen LogP contribution is 2.24. The molecule has 0 aliphatic heterocycles. The quantitative estimate of drug-likeness (QED) is 0.779. The normalized spacial score (nSPS) is 11.6. The summed E-state index contributed by atoms with van der Waals surface area (Å²) in [6.07, 6.45) is 0.673. The lowest BCUT2D eigenvalue weighted by Gasteiger charge is -2.20. The van der Waals surface area contributed by atoms with Gasteiger partial charge in [0.1, 0.15) is 5.69 Å². The lowest BCUT2D eigenvalue weighted by Crippen LogP contribution is -2.33. The fourth-order valence-electron chi connectivity index (χ4n) is 2.61. The number of rotatable bonds is 7. The fraction of sp³-hybridized carbons (Fsp3) is 0.474. The van der Waals surface area contributed by atoms with Gasteiger partial charge in [-0.2, -0.15) is 0 Å². The van der Waals surface area contributed by atoms with Crippen molar-refractivity contribution in [3.8, 4) is 0 Å². The first kappa shape index (κ1) is 19.0. The summed E-state index contributed by atoms with van der Waals surface area (Å²) in [5, 5.41) is 0.867. The zero-order valence-corrected chi connectivity index (χ0v) is 15.3. The Hall–Kier alpha value is -2.34. The molecule has 0 fully saturated rings. The van der Waals surface area contributed by atoms with Crippen LogP contribution in [-0.4, -0.2) is 35.3 Å². The minimum atomic E-state index is -0.383. The number of aromatic nitrogens is 1. The van der Waals surface area contributed by atoms with E-state index in [0.29, 0.717) is 37.4 Å². The van der Waals surface area contributed by atoms with Crippen molar-refractivity contribution in [2.45, 2.75) is 46.2 Å². The number of nitrogens with two attached hydrogens (primary N) is 1. The highest BCUT2D eigenvalue weighted by molar-refractivity contribution is 5.99. The molecule has 0 aliphatic rings. The molecule has 0 spiro atoms. The Bertz CT molecular complexity index is 772. The third-order valence-corrected chi connectivity index (χ3v) is 3.88. The Morgan fingerprint density at radius 3 is 2.32 bits per heavy atom. The minimum absolute atomic E-state index is 0.302. The molecule has 6 nitrogen and oxygen atoms in total. The summed E-state index contributed by atoms with van der Waals surface area (Å²) in [7, 11) is 0. The van der Waals surface area contributed by atoms with Gasteiger partial charge in [-0.1, -0.05) is 6.07 Å². The third kappa shape index (κ3) is 4.60. The Morgan fingerprint density at radius 2 is 1.72 bits per heavy atom. The van der Waals surface area contributed by atoms with Gasteiger partial charge in [-0.25, -0.2) is 9.59 Å². The van der Waals surface area contributed by atoms with E-state index in [1.165, 1.54) is 0 Å². The van der Waals surface area contributed by atoms with Crippen molar-refractivity contribution in [1.29, 1.82) is 0 Å². The first-order valence-corrected chi connectivity index (χ1v) is 8.53. The van der Waals surface area contributed by atoms with E-state index in [4.69, 9.17) is 15.2 Å². The number of hydrogen-bond acceptors (Lipinski definition) is 5. The van der Waals surface area contributed by atoms with E-state index in [9.17, 15) is 9.59 Å². The highest BCUT2D eigenvalue weighted by atomic mass is 16.5. The van der Waals surface area contributed by atoms with Crippen molar-refractivity contribution in [1.82, 2.24) is 4.57 Å². The summed E-state index contributed by atoms with van der Waals surface area (Å²) in [6.45, 7) is 8.57. The van der Waals surface area contributed by atoms with Crippen LogP contribution >= 0.6 is 0 Å². The SMILES string of the molecule is CCOC(=O)c1ccc2cc(C(=O)OCC)n(CCC(C)(C)N)c2c1. The maximum Gasteiger partial charge on any atom is 0.354 e. The van der Waals surface area contributed by atoms with Gasteiger partial charge in [-0.05, 0) is 52.3 Å². The fourth-order valence-corrected chi connectivity index (χ4v) is 2.61. The molecule has 1 heterocycles. The van der Waals surface area contributed by atoms with Crippen LogP contribution in [0.25, 0.3) is 10.9 Å². The van der Waals surface area contributed by atoms with Crippen LogP contribution in [0.15, 0.2) is 24.3 Å². The van der Waals surface area contributed by atoms with Gasteiger partial charge < -0.3 is 19.8 Å². The van der Waals surface area contributed by atoms with Crippen LogP contribution in [0.1, 0.15) is 55.0 Å². The number of ether oxygens (including phenoxy) is 2. The van der Waals surface area contributed by atoms with Crippen molar-refractivity contribution < 1.29 is 19.1 Å². The monoisotopic (exact) mass is 346 g/mol. The maximum absolute atomic E-state index is 12.3. The van der Waals surface area contributed by atoms with E-state index in [1.54, 1.807) is 32.0 Å². The second kappa shape index (κ2) is 7.70. The van der Waals surface area contributed by atoms with Crippen molar-refractivity contribution in [3.63, 3.8) is 0 Å². The Morgan fingerprint density at radius 1 is 1.08 bits per heavy atom. The lowest BCUT2D eigenvalue weighted by molar-refractivity contribution is 0.0509. The number of benzene rings is 1. The van der Waals surface area contributed by atoms with Gasteiger partial charge in [0.2, 0.25) is 0 Å².